The zero-order valence-corrected chi connectivity index (χ0v) is 13.6. The molecule has 1 heterocycles. The van der Waals surface area contributed by atoms with Crippen molar-refractivity contribution in [2.45, 2.75) is 32.9 Å². The van der Waals surface area contributed by atoms with Crippen LogP contribution in [0.1, 0.15) is 20.8 Å². The van der Waals surface area contributed by atoms with Gasteiger partial charge in [0.1, 0.15) is 6.04 Å². The summed E-state index contributed by atoms with van der Waals surface area (Å²) in [4.78, 5) is 18.1. The zero-order valence-electron chi connectivity index (χ0n) is 13.6. The molecule has 0 spiro atoms. The Balaban J connectivity index is 2.46. The van der Waals surface area contributed by atoms with Gasteiger partial charge in [-0.2, -0.15) is 5.26 Å². The first-order valence-electron chi connectivity index (χ1n) is 7.63. The summed E-state index contributed by atoms with van der Waals surface area (Å²) in [7, 11) is 1.85. The van der Waals surface area contributed by atoms with E-state index in [9.17, 15) is 10.1 Å². The highest BCUT2D eigenvalue weighted by molar-refractivity contribution is 5.78. The lowest BCUT2D eigenvalue weighted by molar-refractivity contribution is -0.134. The molecule has 0 radical (unpaired) electrons. The van der Waals surface area contributed by atoms with Crippen molar-refractivity contribution in [3.05, 3.63) is 0 Å². The first kappa shape index (κ1) is 17.9. The van der Waals surface area contributed by atoms with Crippen molar-refractivity contribution in [2.75, 3.05) is 46.4 Å². The molecule has 0 aromatic rings. The lowest BCUT2D eigenvalue weighted by atomic mass is 10.0. The fraction of sp³-hybridized carbons (Fsp3) is 0.867. The summed E-state index contributed by atoms with van der Waals surface area (Å²) in [5.74, 6) is 0.393. The number of nitrogens with zero attached hydrogens (tertiary/aromatic N) is 4. The number of amides is 1. The van der Waals surface area contributed by atoms with E-state index in [0.717, 1.165) is 13.1 Å². The molecule has 2 atom stereocenters. The average molecular weight is 296 g/mol. The molecule has 6 heteroatoms. The summed E-state index contributed by atoms with van der Waals surface area (Å²) < 4.78 is 0. The van der Waals surface area contributed by atoms with Gasteiger partial charge in [0.05, 0.1) is 19.2 Å². The number of aliphatic hydroxyl groups excluding tert-OH is 1. The van der Waals surface area contributed by atoms with E-state index in [1.807, 2.05) is 23.8 Å². The van der Waals surface area contributed by atoms with Crippen LogP contribution in [-0.2, 0) is 4.79 Å². The van der Waals surface area contributed by atoms with E-state index in [4.69, 9.17) is 5.11 Å². The zero-order chi connectivity index (χ0) is 16.0. The Labute approximate surface area is 127 Å². The highest BCUT2D eigenvalue weighted by atomic mass is 16.3. The van der Waals surface area contributed by atoms with Crippen molar-refractivity contribution < 1.29 is 9.90 Å². The van der Waals surface area contributed by atoms with Crippen LogP contribution in [0.4, 0.5) is 0 Å². The second-order valence-corrected chi connectivity index (χ2v) is 6.18. The fourth-order valence-electron chi connectivity index (χ4n) is 2.51. The van der Waals surface area contributed by atoms with Crippen LogP contribution in [0.15, 0.2) is 0 Å². The van der Waals surface area contributed by atoms with Gasteiger partial charge in [-0.25, -0.2) is 0 Å². The number of hydrogen-bond acceptors (Lipinski definition) is 5. The van der Waals surface area contributed by atoms with E-state index in [0.29, 0.717) is 25.6 Å². The molecule has 1 rings (SSSR count). The Morgan fingerprint density at radius 2 is 1.86 bits per heavy atom. The molecule has 2 unspecified atom stereocenters. The van der Waals surface area contributed by atoms with Crippen LogP contribution in [0.25, 0.3) is 0 Å². The lowest BCUT2D eigenvalue weighted by Gasteiger charge is -2.38. The third-order valence-corrected chi connectivity index (χ3v) is 4.23. The number of rotatable bonds is 6. The van der Waals surface area contributed by atoms with Gasteiger partial charge in [0.15, 0.2) is 0 Å². The van der Waals surface area contributed by atoms with Crippen molar-refractivity contribution in [1.82, 2.24) is 14.7 Å². The van der Waals surface area contributed by atoms with Crippen molar-refractivity contribution in [3.8, 4) is 6.07 Å². The van der Waals surface area contributed by atoms with E-state index in [-0.39, 0.29) is 24.6 Å². The predicted octanol–water partition coefficient (Wildman–Crippen LogP) is -0.00862. The van der Waals surface area contributed by atoms with Gasteiger partial charge >= 0.3 is 0 Å². The quantitative estimate of drug-likeness (QED) is 0.746. The third kappa shape index (κ3) is 4.95. The molecule has 1 aliphatic heterocycles. The maximum Gasteiger partial charge on any atom is 0.236 e. The molecule has 1 aliphatic rings. The first-order valence-corrected chi connectivity index (χ1v) is 7.63. The fourth-order valence-corrected chi connectivity index (χ4v) is 2.51. The van der Waals surface area contributed by atoms with Crippen molar-refractivity contribution in [3.63, 3.8) is 0 Å². The summed E-state index contributed by atoms with van der Waals surface area (Å²) in [5.41, 5.74) is 0. The molecule has 21 heavy (non-hydrogen) atoms. The van der Waals surface area contributed by atoms with Crippen LogP contribution in [0, 0.1) is 17.2 Å². The summed E-state index contributed by atoms with van der Waals surface area (Å²) in [6, 6.07) is 2.27. The third-order valence-electron chi connectivity index (χ3n) is 4.23. The van der Waals surface area contributed by atoms with Crippen molar-refractivity contribution in [1.29, 1.82) is 5.26 Å². The van der Waals surface area contributed by atoms with Gasteiger partial charge in [-0.05, 0) is 19.9 Å². The predicted molar refractivity (Wildman–Crippen MR) is 81.6 cm³/mol. The molecule has 0 aromatic carbocycles. The van der Waals surface area contributed by atoms with Gasteiger partial charge in [0, 0.05) is 32.2 Å². The molecular formula is C15H28N4O2. The molecule has 120 valence electrons. The largest absolute Gasteiger partial charge is 0.395 e. The minimum atomic E-state index is -0.0701. The van der Waals surface area contributed by atoms with Gasteiger partial charge < -0.3 is 10.0 Å². The van der Waals surface area contributed by atoms with Crippen molar-refractivity contribution >= 4 is 5.91 Å². The van der Waals surface area contributed by atoms with Crippen LogP contribution in [0.3, 0.4) is 0 Å². The number of aliphatic hydroxyl groups is 1. The minimum absolute atomic E-state index is 0.0147. The Bertz CT molecular complexity index is 372. The van der Waals surface area contributed by atoms with Gasteiger partial charge in [-0.1, -0.05) is 13.8 Å². The number of likely N-dealkylation sites (N-methyl/N-ethyl adjacent to an activating group) is 1. The van der Waals surface area contributed by atoms with Gasteiger partial charge in [0.25, 0.3) is 0 Å². The maximum absolute atomic E-state index is 12.2. The van der Waals surface area contributed by atoms with E-state index < -0.39 is 0 Å². The maximum atomic E-state index is 12.2. The van der Waals surface area contributed by atoms with E-state index in [1.54, 1.807) is 0 Å². The van der Waals surface area contributed by atoms with Gasteiger partial charge in [0.2, 0.25) is 5.91 Å². The standard InChI is InChI=1S/C15H28N4O2/c1-12(2)14(9-16)18-5-7-19(8-6-18)15(21)10-17(4)13(3)11-20/h12-14,20H,5-8,10-11H2,1-4H3. The highest BCUT2D eigenvalue weighted by Gasteiger charge is 2.28. The summed E-state index contributed by atoms with van der Waals surface area (Å²) >= 11 is 0. The first-order chi connectivity index (χ1) is 9.90. The average Bonchev–Trinajstić information content (AvgIpc) is 2.47. The molecule has 1 amide bonds. The Morgan fingerprint density at radius 1 is 1.29 bits per heavy atom. The van der Waals surface area contributed by atoms with E-state index in [1.165, 1.54) is 0 Å². The highest BCUT2D eigenvalue weighted by Crippen LogP contribution is 2.13. The van der Waals surface area contributed by atoms with Gasteiger partial charge in [-0.15, -0.1) is 0 Å². The molecule has 1 saturated heterocycles. The van der Waals surface area contributed by atoms with E-state index >= 15 is 0 Å². The Kier molecular flexibility index (Phi) is 7.09. The SMILES string of the molecule is CC(C)C(C#N)N1CCN(C(=O)CN(C)C(C)CO)CC1. The van der Waals surface area contributed by atoms with Crippen molar-refractivity contribution in [2.24, 2.45) is 5.92 Å². The second-order valence-electron chi connectivity index (χ2n) is 6.18. The summed E-state index contributed by atoms with van der Waals surface area (Å²) in [6.07, 6.45) is 0. The number of carbonyl (C=O) groups excluding carboxylic acids is 1. The monoisotopic (exact) mass is 296 g/mol. The molecule has 0 aliphatic carbocycles. The lowest BCUT2D eigenvalue weighted by Crippen LogP contribution is -2.54. The molecule has 6 nitrogen and oxygen atoms in total. The molecule has 0 aromatic heterocycles. The summed E-state index contributed by atoms with van der Waals surface area (Å²) in [5, 5.41) is 18.3. The van der Waals surface area contributed by atoms with Crippen LogP contribution in [0.5, 0.6) is 0 Å². The van der Waals surface area contributed by atoms with Gasteiger partial charge in [-0.3, -0.25) is 14.6 Å². The number of hydrogen-bond donors (Lipinski definition) is 1. The van der Waals surface area contributed by atoms with Crippen LogP contribution in [-0.4, -0.2) is 84.2 Å². The van der Waals surface area contributed by atoms with Crippen LogP contribution < -0.4 is 0 Å². The second kappa shape index (κ2) is 8.32. The Morgan fingerprint density at radius 3 is 2.29 bits per heavy atom. The van der Waals surface area contributed by atoms with Crippen LogP contribution in [0.2, 0.25) is 0 Å². The molecule has 1 N–H and O–H groups in total. The molecule has 0 saturated carbocycles. The van der Waals surface area contributed by atoms with Crippen LogP contribution >= 0.6 is 0 Å². The smallest absolute Gasteiger partial charge is 0.236 e. The van der Waals surface area contributed by atoms with E-state index in [2.05, 4.69) is 24.8 Å². The number of carbonyl (C=O) groups is 1. The summed E-state index contributed by atoms with van der Waals surface area (Å²) in [6.45, 7) is 9.22. The Hall–Kier alpha value is -1.16. The molecular weight excluding hydrogens is 268 g/mol. The normalized spacial score (nSPS) is 19.6. The topological polar surface area (TPSA) is 70.8 Å². The molecule has 1 fully saturated rings. The minimum Gasteiger partial charge on any atom is -0.395 e. The molecule has 0 bridgehead atoms. The number of nitriles is 1. The number of piperazine rings is 1.